The van der Waals surface area contributed by atoms with E-state index in [9.17, 15) is 15.2 Å². The molecule has 0 aliphatic heterocycles. The number of aliphatic hydroxyl groups excluding tert-OH is 1. The van der Waals surface area contributed by atoms with Crippen molar-refractivity contribution in [1.82, 2.24) is 0 Å². The molecule has 0 heterocycles. The van der Waals surface area contributed by atoms with E-state index in [-0.39, 0.29) is 5.41 Å². The van der Waals surface area contributed by atoms with Crippen molar-refractivity contribution in [3.8, 4) is 6.07 Å². The molecule has 1 saturated carbocycles. The van der Waals surface area contributed by atoms with Crippen molar-refractivity contribution in [2.75, 3.05) is 0 Å². The fourth-order valence-corrected chi connectivity index (χ4v) is 2.68. The third kappa shape index (κ3) is 2.78. The number of aliphatic hydroxyl groups is 1. The summed E-state index contributed by atoms with van der Waals surface area (Å²) in [5, 5.41) is 27.7. The van der Waals surface area contributed by atoms with Gasteiger partial charge in [-0.25, -0.2) is 4.79 Å². The average Bonchev–Trinajstić information content (AvgIpc) is 2.26. The summed E-state index contributed by atoms with van der Waals surface area (Å²) >= 11 is 0. The summed E-state index contributed by atoms with van der Waals surface area (Å²) in [6, 6.07) is 2.04. The highest BCUT2D eigenvalue weighted by Crippen LogP contribution is 2.46. The molecule has 0 aromatic rings. The van der Waals surface area contributed by atoms with Gasteiger partial charge in [-0.3, -0.25) is 0 Å². The van der Waals surface area contributed by atoms with Crippen molar-refractivity contribution < 1.29 is 15.0 Å². The Morgan fingerprint density at radius 3 is 2.18 bits per heavy atom. The molecular weight excluding hydrogens is 218 g/mol. The number of carbonyl (C=O) groups is 1. The molecule has 1 fully saturated rings. The minimum absolute atomic E-state index is 0.176. The van der Waals surface area contributed by atoms with Gasteiger partial charge < -0.3 is 10.2 Å². The molecule has 1 unspecified atom stereocenters. The first-order valence-electron chi connectivity index (χ1n) is 6.05. The van der Waals surface area contributed by atoms with Crippen LogP contribution in [0.5, 0.6) is 0 Å². The first-order chi connectivity index (χ1) is 7.73. The van der Waals surface area contributed by atoms with Crippen LogP contribution in [0.15, 0.2) is 0 Å². The Balaban J connectivity index is 2.78. The number of carboxylic acid groups (broad SMARTS) is 1. The lowest BCUT2D eigenvalue weighted by Gasteiger charge is -2.41. The molecular formula is C13H21NO3. The summed E-state index contributed by atoms with van der Waals surface area (Å²) in [6.07, 6.45) is 0.995. The Bertz CT molecular complexity index is 330. The number of nitriles is 1. The minimum Gasteiger partial charge on any atom is -0.479 e. The van der Waals surface area contributed by atoms with Crippen LogP contribution >= 0.6 is 0 Å². The Morgan fingerprint density at radius 2 is 1.88 bits per heavy atom. The zero-order chi connectivity index (χ0) is 13.3. The first-order valence-corrected chi connectivity index (χ1v) is 6.05. The van der Waals surface area contributed by atoms with Gasteiger partial charge in [0, 0.05) is 0 Å². The van der Waals surface area contributed by atoms with Gasteiger partial charge in [-0.15, -0.1) is 0 Å². The number of nitrogens with zero attached hydrogens (tertiary/aromatic N) is 1. The van der Waals surface area contributed by atoms with E-state index in [0.29, 0.717) is 18.8 Å². The molecule has 4 heteroatoms. The number of carboxylic acids is 1. The predicted octanol–water partition coefficient (Wildman–Crippen LogP) is 2.18. The van der Waals surface area contributed by atoms with Gasteiger partial charge in [0.2, 0.25) is 0 Å². The van der Waals surface area contributed by atoms with Crippen molar-refractivity contribution in [1.29, 1.82) is 5.26 Å². The Kier molecular flexibility index (Phi) is 3.83. The fraction of sp³-hybridized carbons (Fsp3) is 0.846. The highest BCUT2D eigenvalue weighted by atomic mass is 16.4. The normalized spacial score (nSPS) is 31.6. The summed E-state index contributed by atoms with van der Waals surface area (Å²) in [4.78, 5) is 10.8. The van der Waals surface area contributed by atoms with E-state index in [2.05, 4.69) is 20.8 Å². The van der Waals surface area contributed by atoms with E-state index >= 15 is 0 Å². The molecule has 4 nitrogen and oxygen atoms in total. The van der Waals surface area contributed by atoms with Crippen molar-refractivity contribution in [2.24, 2.45) is 16.7 Å². The van der Waals surface area contributed by atoms with E-state index < -0.39 is 17.5 Å². The summed E-state index contributed by atoms with van der Waals surface area (Å²) in [7, 11) is 0. The summed E-state index contributed by atoms with van der Waals surface area (Å²) in [5.41, 5.74) is -0.913. The third-order valence-electron chi connectivity index (χ3n) is 4.08. The van der Waals surface area contributed by atoms with Gasteiger partial charge in [0.1, 0.15) is 0 Å². The molecule has 1 atom stereocenters. The van der Waals surface area contributed by atoms with Gasteiger partial charge in [0.15, 0.2) is 6.10 Å². The van der Waals surface area contributed by atoms with Crippen LogP contribution in [0.25, 0.3) is 0 Å². The Hall–Kier alpha value is -1.08. The first kappa shape index (κ1) is 14.0. The molecule has 0 bridgehead atoms. The van der Waals surface area contributed by atoms with Gasteiger partial charge in [-0.1, -0.05) is 20.8 Å². The lowest BCUT2D eigenvalue weighted by Crippen LogP contribution is -2.43. The molecule has 17 heavy (non-hydrogen) atoms. The van der Waals surface area contributed by atoms with Crippen LogP contribution in [0.3, 0.4) is 0 Å². The second kappa shape index (κ2) is 4.66. The Labute approximate surface area is 102 Å². The standard InChI is InChI=1S/C13H21NO3/c1-12(2,3)9-4-6-13(8-14,7-5-9)10(15)11(16)17/h9-10,15H,4-7H2,1-3H3,(H,16,17). The second-order valence-electron chi connectivity index (χ2n) is 6.15. The molecule has 96 valence electrons. The smallest absolute Gasteiger partial charge is 0.334 e. The molecule has 1 aliphatic rings. The van der Waals surface area contributed by atoms with Crippen molar-refractivity contribution in [3.05, 3.63) is 0 Å². The van der Waals surface area contributed by atoms with Crippen LogP contribution in [0.1, 0.15) is 46.5 Å². The molecule has 0 radical (unpaired) electrons. The molecule has 0 amide bonds. The van der Waals surface area contributed by atoms with Crippen LogP contribution in [0.2, 0.25) is 0 Å². The minimum atomic E-state index is -1.56. The van der Waals surface area contributed by atoms with E-state index in [1.165, 1.54) is 0 Å². The number of hydrogen-bond donors (Lipinski definition) is 2. The molecule has 0 spiro atoms. The highest BCUT2D eigenvalue weighted by molar-refractivity contribution is 5.73. The zero-order valence-electron chi connectivity index (χ0n) is 10.7. The summed E-state index contributed by atoms with van der Waals surface area (Å²) < 4.78 is 0. The van der Waals surface area contributed by atoms with E-state index in [1.54, 1.807) is 0 Å². The predicted molar refractivity (Wildman–Crippen MR) is 63.1 cm³/mol. The Morgan fingerprint density at radius 1 is 1.41 bits per heavy atom. The molecule has 2 N–H and O–H groups in total. The number of hydrogen-bond acceptors (Lipinski definition) is 3. The molecule has 1 aliphatic carbocycles. The number of rotatable bonds is 2. The maximum absolute atomic E-state index is 10.8. The molecule has 1 rings (SSSR count). The van der Waals surface area contributed by atoms with Crippen molar-refractivity contribution >= 4 is 5.97 Å². The summed E-state index contributed by atoms with van der Waals surface area (Å²) in [6.45, 7) is 6.47. The molecule has 0 aromatic heterocycles. The largest absolute Gasteiger partial charge is 0.479 e. The lowest BCUT2D eigenvalue weighted by atomic mass is 9.63. The highest BCUT2D eigenvalue weighted by Gasteiger charge is 2.46. The maximum atomic E-state index is 10.8. The second-order valence-corrected chi connectivity index (χ2v) is 6.15. The van der Waals surface area contributed by atoms with Gasteiger partial charge in [0.05, 0.1) is 11.5 Å². The van der Waals surface area contributed by atoms with Gasteiger partial charge >= 0.3 is 5.97 Å². The third-order valence-corrected chi connectivity index (χ3v) is 4.08. The van der Waals surface area contributed by atoms with Gasteiger partial charge in [0.25, 0.3) is 0 Å². The average molecular weight is 239 g/mol. The van der Waals surface area contributed by atoms with Crippen LogP contribution in [-0.2, 0) is 4.79 Å². The van der Waals surface area contributed by atoms with Gasteiger partial charge in [-0.2, -0.15) is 5.26 Å². The monoisotopic (exact) mass is 239 g/mol. The van der Waals surface area contributed by atoms with Crippen LogP contribution in [0.4, 0.5) is 0 Å². The summed E-state index contributed by atoms with van der Waals surface area (Å²) in [5.74, 6) is -0.800. The zero-order valence-corrected chi connectivity index (χ0v) is 10.7. The molecule has 0 aromatic carbocycles. The van der Waals surface area contributed by atoms with Crippen molar-refractivity contribution in [3.63, 3.8) is 0 Å². The topological polar surface area (TPSA) is 81.3 Å². The van der Waals surface area contributed by atoms with E-state index in [0.717, 1.165) is 12.8 Å². The maximum Gasteiger partial charge on any atom is 0.334 e. The van der Waals surface area contributed by atoms with Crippen LogP contribution in [-0.4, -0.2) is 22.3 Å². The van der Waals surface area contributed by atoms with Crippen LogP contribution in [0, 0.1) is 28.1 Å². The van der Waals surface area contributed by atoms with Crippen LogP contribution < -0.4 is 0 Å². The lowest BCUT2D eigenvalue weighted by molar-refractivity contribution is -0.154. The SMILES string of the molecule is CC(C)(C)C1CCC(C#N)(C(O)C(=O)O)CC1. The fourth-order valence-electron chi connectivity index (χ4n) is 2.68. The van der Waals surface area contributed by atoms with E-state index in [4.69, 9.17) is 5.11 Å². The van der Waals surface area contributed by atoms with Gasteiger partial charge in [-0.05, 0) is 37.0 Å². The molecule has 0 saturated heterocycles. The van der Waals surface area contributed by atoms with Crippen molar-refractivity contribution in [2.45, 2.75) is 52.6 Å². The number of aliphatic carboxylic acids is 1. The van der Waals surface area contributed by atoms with E-state index in [1.807, 2.05) is 6.07 Å². The quantitative estimate of drug-likeness (QED) is 0.773.